The molecule has 2 aliphatic heterocycles. The third-order valence-corrected chi connectivity index (χ3v) is 8.61. The predicted molar refractivity (Wildman–Crippen MR) is 128 cm³/mol. The minimum absolute atomic E-state index is 0.0754. The van der Waals surface area contributed by atoms with Crippen LogP contribution >= 0.6 is 11.6 Å². The fraction of sp³-hybridized carbons (Fsp3) is 0.409. The van der Waals surface area contributed by atoms with Crippen LogP contribution in [0.4, 0.5) is 5.82 Å². The molecule has 4 heterocycles. The monoisotopic (exact) mass is 504 g/mol. The average molecular weight is 505 g/mol. The van der Waals surface area contributed by atoms with Crippen molar-refractivity contribution in [3.05, 3.63) is 51.8 Å². The largest absolute Gasteiger partial charge is 0.355 e. The van der Waals surface area contributed by atoms with Gasteiger partial charge in [-0.3, -0.25) is 9.59 Å². The molecule has 2 aromatic heterocycles. The van der Waals surface area contributed by atoms with Crippen LogP contribution < -0.4 is 10.5 Å². The molecule has 10 nitrogen and oxygen atoms in total. The highest BCUT2D eigenvalue weighted by molar-refractivity contribution is 7.89. The normalized spacial score (nSPS) is 18.5. The summed E-state index contributed by atoms with van der Waals surface area (Å²) in [5.41, 5.74) is 0.462. The first kappa shape index (κ1) is 22.9. The molecule has 0 aliphatic carbocycles. The molecule has 3 aromatic rings. The van der Waals surface area contributed by atoms with Gasteiger partial charge in [0.15, 0.2) is 0 Å². The lowest BCUT2D eigenvalue weighted by Crippen LogP contribution is -2.53. The van der Waals surface area contributed by atoms with Crippen LogP contribution in [-0.2, 0) is 14.8 Å². The van der Waals surface area contributed by atoms with Gasteiger partial charge in [0, 0.05) is 67.2 Å². The molecule has 180 valence electrons. The van der Waals surface area contributed by atoms with Crippen molar-refractivity contribution in [2.24, 2.45) is 5.92 Å². The molecule has 5 rings (SSSR count). The number of carbonyl (C=O) groups is 1. The smallest absolute Gasteiger partial charge is 0.264 e. The summed E-state index contributed by atoms with van der Waals surface area (Å²) >= 11 is 6.02. The Hall–Kier alpha value is -2.89. The maximum Gasteiger partial charge on any atom is 0.264 e. The Kier molecular flexibility index (Phi) is 6.09. The summed E-state index contributed by atoms with van der Waals surface area (Å²) in [5, 5.41) is 7.91. The Morgan fingerprint density at radius 1 is 1.00 bits per heavy atom. The van der Waals surface area contributed by atoms with Gasteiger partial charge >= 0.3 is 0 Å². The first-order valence-corrected chi connectivity index (χ1v) is 13.0. The first-order chi connectivity index (χ1) is 16.3. The van der Waals surface area contributed by atoms with Gasteiger partial charge in [-0.05, 0) is 43.2 Å². The molecule has 1 aromatic carbocycles. The molecule has 0 radical (unpaired) electrons. The lowest BCUT2D eigenvalue weighted by atomic mass is 9.95. The number of halogens is 1. The Labute approximate surface area is 201 Å². The van der Waals surface area contributed by atoms with E-state index in [1.165, 1.54) is 10.4 Å². The molecule has 2 fully saturated rings. The highest BCUT2D eigenvalue weighted by atomic mass is 35.5. The van der Waals surface area contributed by atoms with Gasteiger partial charge in [0.1, 0.15) is 10.8 Å². The molecular weight excluding hydrogens is 480 g/mol. The van der Waals surface area contributed by atoms with E-state index >= 15 is 0 Å². The van der Waals surface area contributed by atoms with Crippen LogP contribution in [0.2, 0.25) is 5.02 Å². The van der Waals surface area contributed by atoms with Gasteiger partial charge in [-0.1, -0.05) is 11.6 Å². The lowest BCUT2D eigenvalue weighted by molar-refractivity contribution is -0.137. The Morgan fingerprint density at radius 2 is 1.74 bits per heavy atom. The number of rotatable bonds is 4. The van der Waals surface area contributed by atoms with Gasteiger partial charge < -0.3 is 14.8 Å². The second-order valence-electron chi connectivity index (χ2n) is 8.64. The number of piperazine rings is 1. The highest BCUT2D eigenvalue weighted by Crippen LogP contribution is 2.26. The third-order valence-electron chi connectivity index (χ3n) is 6.56. The van der Waals surface area contributed by atoms with Gasteiger partial charge in [0.2, 0.25) is 5.91 Å². The molecule has 2 saturated heterocycles. The van der Waals surface area contributed by atoms with Crippen molar-refractivity contribution in [2.45, 2.75) is 17.9 Å². The van der Waals surface area contributed by atoms with E-state index < -0.39 is 10.0 Å². The fourth-order valence-electron chi connectivity index (χ4n) is 4.63. The van der Waals surface area contributed by atoms with Gasteiger partial charge in [-0.15, -0.1) is 0 Å². The Bertz CT molecular complexity index is 1350. The van der Waals surface area contributed by atoms with E-state index in [1.807, 2.05) is 0 Å². The SMILES string of the molecule is O=C(C1CCN(c2ccc(=O)[nH]n2)CC1)N1CCN(S(=O)(=O)c2cc3cc(Cl)ccc3[nH]2)CC1. The first-order valence-electron chi connectivity index (χ1n) is 11.2. The molecule has 0 saturated carbocycles. The zero-order valence-electron chi connectivity index (χ0n) is 18.4. The van der Waals surface area contributed by atoms with Gasteiger partial charge in [0.25, 0.3) is 15.6 Å². The Balaban J connectivity index is 1.18. The molecular formula is C22H25ClN6O4S. The number of anilines is 1. The molecule has 34 heavy (non-hydrogen) atoms. The summed E-state index contributed by atoms with van der Waals surface area (Å²) in [6.45, 7) is 2.59. The van der Waals surface area contributed by atoms with Crippen molar-refractivity contribution in [3.8, 4) is 0 Å². The van der Waals surface area contributed by atoms with Crippen LogP contribution in [0.25, 0.3) is 10.9 Å². The van der Waals surface area contributed by atoms with Crippen molar-refractivity contribution in [2.75, 3.05) is 44.2 Å². The zero-order valence-corrected chi connectivity index (χ0v) is 20.0. The number of benzene rings is 1. The van der Waals surface area contributed by atoms with E-state index in [0.29, 0.717) is 55.4 Å². The number of nitrogens with zero attached hydrogens (tertiary/aromatic N) is 4. The Morgan fingerprint density at radius 3 is 2.41 bits per heavy atom. The van der Waals surface area contributed by atoms with Crippen LogP contribution in [0.3, 0.4) is 0 Å². The summed E-state index contributed by atoms with van der Waals surface area (Å²) < 4.78 is 27.7. The maximum atomic E-state index is 13.1. The molecule has 12 heteroatoms. The van der Waals surface area contributed by atoms with E-state index in [-0.39, 0.29) is 35.5 Å². The van der Waals surface area contributed by atoms with Gasteiger partial charge in [0.05, 0.1) is 0 Å². The van der Waals surface area contributed by atoms with E-state index in [2.05, 4.69) is 20.1 Å². The number of piperidine rings is 1. The molecule has 1 amide bonds. The standard InChI is InChI=1S/C22H25ClN6O4S/c23-17-1-2-18-16(13-17)14-21(24-18)34(32,33)29-11-9-28(10-12-29)22(31)15-5-7-27(8-6-15)19-3-4-20(30)26-25-19/h1-4,13-15,24H,5-12H2,(H,26,30). The van der Waals surface area contributed by atoms with Crippen molar-refractivity contribution in [1.29, 1.82) is 0 Å². The van der Waals surface area contributed by atoms with E-state index in [1.54, 1.807) is 35.2 Å². The number of amides is 1. The highest BCUT2D eigenvalue weighted by Gasteiger charge is 2.34. The van der Waals surface area contributed by atoms with E-state index in [4.69, 9.17) is 11.6 Å². The summed E-state index contributed by atoms with van der Waals surface area (Å²) in [6, 6.07) is 9.91. The van der Waals surface area contributed by atoms with Gasteiger partial charge in [-0.25, -0.2) is 13.5 Å². The summed E-state index contributed by atoms with van der Waals surface area (Å²) in [6.07, 6.45) is 1.38. The molecule has 0 unspecified atom stereocenters. The van der Waals surface area contributed by atoms with Crippen LogP contribution in [0, 0.1) is 5.92 Å². The zero-order chi connectivity index (χ0) is 23.9. The van der Waals surface area contributed by atoms with E-state index in [0.717, 1.165) is 5.39 Å². The van der Waals surface area contributed by atoms with Crippen molar-refractivity contribution < 1.29 is 13.2 Å². The van der Waals surface area contributed by atoms with Crippen molar-refractivity contribution in [3.63, 3.8) is 0 Å². The van der Waals surface area contributed by atoms with Crippen LogP contribution in [0.15, 0.2) is 46.2 Å². The molecule has 0 bridgehead atoms. The summed E-state index contributed by atoms with van der Waals surface area (Å²) in [5.74, 6) is 0.676. The second kappa shape index (κ2) is 9.05. The van der Waals surface area contributed by atoms with Crippen molar-refractivity contribution >= 4 is 44.3 Å². The fourth-order valence-corrected chi connectivity index (χ4v) is 6.25. The quantitative estimate of drug-likeness (QED) is 0.557. The van der Waals surface area contributed by atoms with Crippen LogP contribution in [0.5, 0.6) is 0 Å². The van der Waals surface area contributed by atoms with Crippen LogP contribution in [0.1, 0.15) is 12.8 Å². The third kappa shape index (κ3) is 4.42. The number of aromatic nitrogens is 3. The topological polar surface area (TPSA) is 122 Å². The molecule has 2 aliphatic rings. The van der Waals surface area contributed by atoms with Crippen LogP contribution in [-0.4, -0.2) is 78.0 Å². The number of nitrogens with one attached hydrogen (secondary N) is 2. The second-order valence-corrected chi connectivity index (χ2v) is 11.0. The van der Waals surface area contributed by atoms with Crippen molar-refractivity contribution in [1.82, 2.24) is 24.4 Å². The average Bonchev–Trinajstić information content (AvgIpc) is 3.28. The number of sulfonamides is 1. The number of aromatic amines is 2. The summed E-state index contributed by atoms with van der Waals surface area (Å²) in [4.78, 5) is 31.1. The number of fused-ring (bicyclic) bond motifs is 1. The number of H-pyrrole nitrogens is 2. The molecule has 0 atom stereocenters. The van der Waals surface area contributed by atoms with Gasteiger partial charge in [-0.2, -0.15) is 9.40 Å². The molecule has 0 spiro atoms. The number of hydrogen-bond acceptors (Lipinski definition) is 6. The lowest BCUT2D eigenvalue weighted by Gasteiger charge is -2.38. The summed E-state index contributed by atoms with van der Waals surface area (Å²) in [7, 11) is -3.69. The van der Waals surface area contributed by atoms with E-state index in [9.17, 15) is 18.0 Å². The minimum atomic E-state index is -3.69. The number of hydrogen-bond donors (Lipinski definition) is 2. The number of carbonyl (C=O) groups excluding carboxylic acids is 1. The predicted octanol–water partition coefficient (Wildman–Crippen LogP) is 1.65. The maximum absolute atomic E-state index is 13.1. The molecule has 2 N–H and O–H groups in total. The minimum Gasteiger partial charge on any atom is -0.355 e.